The first kappa shape index (κ1) is 30.0. The van der Waals surface area contributed by atoms with Crippen LogP contribution in [0, 0.1) is 11.3 Å². The fourth-order valence-electron chi connectivity index (χ4n) is 5.85. The van der Waals surface area contributed by atoms with Gasteiger partial charge in [-0.1, -0.05) is 45.4 Å². The van der Waals surface area contributed by atoms with Crippen LogP contribution in [0.25, 0.3) is 0 Å². The highest BCUT2D eigenvalue weighted by Gasteiger charge is 2.48. The first-order valence-corrected chi connectivity index (χ1v) is 14.0. The van der Waals surface area contributed by atoms with Crippen LogP contribution >= 0.6 is 0 Å². The molecule has 1 saturated heterocycles. The summed E-state index contributed by atoms with van der Waals surface area (Å²) in [6.45, 7) is 11.7. The van der Waals surface area contributed by atoms with Gasteiger partial charge in [-0.05, 0) is 69.9 Å². The van der Waals surface area contributed by atoms with Gasteiger partial charge in [-0.3, -0.25) is 14.5 Å². The number of ether oxygens (including phenoxy) is 2. The number of likely N-dealkylation sites (tertiary alicyclic amines) is 1. The van der Waals surface area contributed by atoms with E-state index in [-0.39, 0.29) is 36.6 Å². The molecule has 1 fully saturated rings. The van der Waals surface area contributed by atoms with Crippen molar-refractivity contribution < 1.29 is 24.2 Å². The number of carbonyl (C=O) groups excluding carboxylic acids is 1. The average Bonchev–Trinajstić information content (AvgIpc) is 3.44. The Kier molecular flexibility index (Phi) is 10.6. The molecule has 8 heteroatoms. The number of benzene rings is 1. The summed E-state index contributed by atoms with van der Waals surface area (Å²) in [7, 11) is 4.09. The summed E-state index contributed by atoms with van der Waals surface area (Å²) < 4.78 is 11.1. The predicted molar refractivity (Wildman–Crippen MR) is 150 cm³/mol. The third-order valence-electron chi connectivity index (χ3n) is 7.72. The van der Waals surface area contributed by atoms with Crippen LogP contribution in [0.4, 0.5) is 0 Å². The molecule has 2 aliphatic heterocycles. The topological polar surface area (TPSA) is 82.5 Å². The second-order valence-corrected chi connectivity index (χ2v) is 11.7. The normalized spacial score (nSPS) is 21.5. The molecule has 0 aliphatic carbocycles. The number of amides is 1. The van der Waals surface area contributed by atoms with Crippen LogP contribution in [0.3, 0.4) is 0 Å². The van der Waals surface area contributed by atoms with E-state index >= 15 is 0 Å². The van der Waals surface area contributed by atoms with Crippen molar-refractivity contribution in [3.05, 3.63) is 35.9 Å². The summed E-state index contributed by atoms with van der Waals surface area (Å²) in [5.74, 6) is -0.289. The number of unbranched alkanes of at least 4 members (excludes halogenated alkanes) is 1. The van der Waals surface area contributed by atoms with E-state index in [2.05, 4.69) is 36.6 Å². The molecular formula is C30H47N3O5. The maximum atomic E-state index is 13.7. The number of carboxylic acids is 1. The minimum Gasteiger partial charge on any atom is -0.481 e. The van der Waals surface area contributed by atoms with Gasteiger partial charge in [0.15, 0.2) is 11.5 Å². The molecule has 1 N–H and O–H groups in total. The van der Waals surface area contributed by atoms with Crippen LogP contribution in [-0.2, 0) is 9.59 Å². The number of rotatable bonds is 14. The monoisotopic (exact) mass is 529 g/mol. The van der Waals surface area contributed by atoms with Gasteiger partial charge in [0.05, 0.1) is 12.5 Å². The van der Waals surface area contributed by atoms with Crippen molar-refractivity contribution in [3.63, 3.8) is 0 Å². The predicted octanol–water partition coefficient (Wildman–Crippen LogP) is 4.46. The maximum absolute atomic E-state index is 13.7. The lowest BCUT2D eigenvalue weighted by Gasteiger charge is -2.34. The molecule has 3 atom stereocenters. The van der Waals surface area contributed by atoms with Crippen molar-refractivity contribution in [1.29, 1.82) is 0 Å². The van der Waals surface area contributed by atoms with Crippen LogP contribution < -0.4 is 9.47 Å². The summed E-state index contributed by atoms with van der Waals surface area (Å²) in [5, 5.41) is 10.5. The number of hydrogen-bond acceptors (Lipinski definition) is 6. The van der Waals surface area contributed by atoms with Crippen molar-refractivity contribution >= 4 is 11.9 Å². The Labute approximate surface area is 228 Å². The maximum Gasteiger partial charge on any atom is 0.308 e. The Morgan fingerprint density at radius 1 is 1.13 bits per heavy atom. The second kappa shape index (κ2) is 13.5. The van der Waals surface area contributed by atoms with Crippen LogP contribution in [0.1, 0.15) is 64.9 Å². The quantitative estimate of drug-likeness (QED) is 0.357. The molecule has 1 unspecified atom stereocenters. The van der Waals surface area contributed by atoms with Crippen molar-refractivity contribution in [2.45, 2.75) is 65.3 Å². The lowest BCUT2D eigenvalue weighted by Crippen LogP contribution is -2.46. The summed E-state index contributed by atoms with van der Waals surface area (Å²) in [6, 6.07) is 5.45. The third-order valence-corrected chi connectivity index (χ3v) is 7.72. The average molecular weight is 530 g/mol. The van der Waals surface area contributed by atoms with E-state index < -0.39 is 11.9 Å². The molecule has 8 nitrogen and oxygen atoms in total. The molecule has 0 spiro atoms. The molecule has 3 rings (SSSR count). The summed E-state index contributed by atoms with van der Waals surface area (Å²) in [4.78, 5) is 32.7. The SMILES string of the molecule is CC=CC(C)(C)C[C@H]1C(C(=O)O)[C@@H](c2ccc3c(c2)OCO3)CN1CC(=O)N(CCCC)CCCN(C)C. The van der Waals surface area contributed by atoms with Gasteiger partial charge in [0.1, 0.15) is 0 Å². The van der Waals surface area contributed by atoms with E-state index in [0.29, 0.717) is 31.0 Å². The Hall–Kier alpha value is -2.58. The summed E-state index contributed by atoms with van der Waals surface area (Å²) >= 11 is 0. The van der Waals surface area contributed by atoms with Gasteiger partial charge in [0.25, 0.3) is 0 Å². The largest absolute Gasteiger partial charge is 0.481 e. The number of aliphatic carboxylic acids is 1. The van der Waals surface area contributed by atoms with Gasteiger partial charge in [0.2, 0.25) is 12.7 Å². The minimum absolute atomic E-state index is 0.0847. The van der Waals surface area contributed by atoms with Gasteiger partial charge in [-0.15, -0.1) is 0 Å². The highest BCUT2D eigenvalue weighted by molar-refractivity contribution is 5.79. The van der Waals surface area contributed by atoms with Crippen LogP contribution in [0.5, 0.6) is 11.5 Å². The Morgan fingerprint density at radius 3 is 2.50 bits per heavy atom. The molecule has 38 heavy (non-hydrogen) atoms. The molecule has 0 radical (unpaired) electrons. The van der Waals surface area contributed by atoms with E-state index in [1.165, 1.54) is 0 Å². The van der Waals surface area contributed by atoms with Crippen LogP contribution in [-0.4, -0.2) is 91.3 Å². The lowest BCUT2D eigenvalue weighted by molar-refractivity contribution is -0.144. The number of allylic oxidation sites excluding steroid dienone is 2. The number of carbonyl (C=O) groups is 2. The zero-order valence-corrected chi connectivity index (χ0v) is 24.1. The molecule has 1 aromatic rings. The molecule has 2 aliphatic rings. The molecule has 212 valence electrons. The number of fused-ring (bicyclic) bond motifs is 1. The van der Waals surface area contributed by atoms with E-state index in [0.717, 1.165) is 37.9 Å². The van der Waals surface area contributed by atoms with E-state index in [1.54, 1.807) is 0 Å². The second-order valence-electron chi connectivity index (χ2n) is 11.7. The number of nitrogens with zero attached hydrogens (tertiary/aromatic N) is 3. The van der Waals surface area contributed by atoms with Gasteiger partial charge in [0, 0.05) is 31.6 Å². The molecule has 0 saturated carbocycles. The fourth-order valence-corrected chi connectivity index (χ4v) is 5.85. The van der Waals surface area contributed by atoms with Gasteiger partial charge in [-0.2, -0.15) is 0 Å². The van der Waals surface area contributed by atoms with Gasteiger partial charge < -0.3 is 24.4 Å². The summed E-state index contributed by atoms with van der Waals surface area (Å²) in [6.07, 6.45) is 7.70. The minimum atomic E-state index is -0.822. The molecule has 0 aromatic heterocycles. The van der Waals surface area contributed by atoms with Crippen molar-refractivity contribution in [2.75, 3.05) is 53.6 Å². The van der Waals surface area contributed by atoms with Crippen LogP contribution in [0.2, 0.25) is 0 Å². The highest BCUT2D eigenvalue weighted by Crippen LogP contribution is 2.45. The number of carboxylic acid groups (broad SMARTS) is 1. The molecule has 2 heterocycles. The molecule has 1 aromatic carbocycles. The summed E-state index contributed by atoms with van der Waals surface area (Å²) in [5.41, 5.74) is 0.713. The van der Waals surface area contributed by atoms with Crippen molar-refractivity contribution in [3.8, 4) is 11.5 Å². The smallest absolute Gasteiger partial charge is 0.308 e. The third kappa shape index (κ3) is 7.73. The van der Waals surface area contributed by atoms with E-state index in [9.17, 15) is 14.7 Å². The Morgan fingerprint density at radius 2 is 1.84 bits per heavy atom. The molecular weight excluding hydrogens is 482 g/mol. The zero-order valence-electron chi connectivity index (χ0n) is 24.1. The van der Waals surface area contributed by atoms with Crippen LogP contribution in [0.15, 0.2) is 30.4 Å². The standard InChI is InChI=1S/C30H47N3O5/c1-7-9-15-32(16-10-14-31(5)6)27(34)20-33-19-23(22-11-12-25-26(17-22)38-21-37-25)28(29(35)36)24(33)18-30(3,4)13-8-2/h8,11-13,17,23-24,28H,7,9-10,14-16,18-21H2,1-6H3,(H,35,36)/t23-,24+,28?/m1/s1. The Balaban J connectivity index is 1.89. The van der Waals surface area contributed by atoms with E-state index in [4.69, 9.17) is 9.47 Å². The van der Waals surface area contributed by atoms with Crippen molar-refractivity contribution in [2.24, 2.45) is 11.3 Å². The fraction of sp³-hybridized carbons (Fsp3) is 0.667. The molecule has 1 amide bonds. The zero-order chi connectivity index (χ0) is 27.9. The van der Waals surface area contributed by atoms with Gasteiger partial charge in [-0.25, -0.2) is 0 Å². The highest BCUT2D eigenvalue weighted by atomic mass is 16.7. The van der Waals surface area contributed by atoms with E-state index in [1.807, 2.05) is 50.2 Å². The lowest BCUT2D eigenvalue weighted by atomic mass is 9.77. The number of hydrogen-bond donors (Lipinski definition) is 1. The Bertz CT molecular complexity index is 977. The first-order valence-electron chi connectivity index (χ1n) is 14.0. The first-order chi connectivity index (χ1) is 18.1. The van der Waals surface area contributed by atoms with Gasteiger partial charge >= 0.3 is 5.97 Å². The molecule has 0 bridgehead atoms. The van der Waals surface area contributed by atoms with Crippen molar-refractivity contribution in [1.82, 2.24) is 14.7 Å².